The van der Waals surface area contributed by atoms with E-state index in [9.17, 15) is 4.79 Å². The topological polar surface area (TPSA) is 38.1 Å². The van der Waals surface area contributed by atoms with Crippen molar-refractivity contribution in [3.05, 3.63) is 66.0 Å². The van der Waals surface area contributed by atoms with Crippen LogP contribution in [0, 0.1) is 0 Å². The van der Waals surface area contributed by atoms with E-state index in [1.165, 1.54) is 5.56 Å². The molecule has 2 atom stereocenters. The summed E-state index contributed by atoms with van der Waals surface area (Å²) in [5.74, 6) is 1.11. The zero-order chi connectivity index (χ0) is 20.1. The number of hydrogen-bond donors (Lipinski definition) is 0. The number of amides is 1. The lowest BCUT2D eigenvalue weighted by atomic mass is 10.1. The molecule has 4 nitrogen and oxygen atoms in total. The van der Waals surface area contributed by atoms with E-state index in [1.807, 2.05) is 36.4 Å². The number of benzene rings is 2. The maximum Gasteiger partial charge on any atom is 0.243 e. The van der Waals surface area contributed by atoms with E-state index >= 15 is 0 Å². The Morgan fingerprint density at radius 1 is 0.964 bits per heavy atom. The Hall–Kier alpha value is -2.62. The molecule has 0 N–H and O–H groups in total. The van der Waals surface area contributed by atoms with E-state index in [0.717, 1.165) is 36.1 Å². The van der Waals surface area contributed by atoms with E-state index in [-0.39, 0.29) is 18.0 Å². The molecular weight excluding hydrogens is 346 g/mol. The number of fused-ring (bicyclic) bond motifs is 1. The molecule has 0 aliphatic heterocycles. The first-order chi connectivity index (χ1) is 13.5. The highest BCUT2D eigenvalue weighted by Crippen LogP contribution is 2.20. The molecule has 3 aromatic rings. The minimum atomic E-state index is 0.168. The quantitative estimate of drug-likeness (QED) is 0.551. The van der Waals surface area contributed by atoms with Crippen LogP contribution in [0.1, 0.15) is 51.9 Å². The molecule has 1 aromatic heterocycles. The molecule has 0 fully saturated rings. The van der Waals surface area contributed by atoms with Crippen molar-refractivity contribution < 1.29 is 4.79 Å². The number of para-hydroxylation sites is 2. The molecule has 2 unspecified atom stereocenters. The molecule has 0 saturated heterocycles. The van der Waals surface area contributed by atoms with Gasteiger partial charge in [0.1, 0.15) is 12.4 Å². The first-order valence-electron chi connectivity index (χ1n) is 10.3. The minimum Gasteiger partial charge on any atom is -0.336 e. The van der Waals surface area contributed by atoms with Gasteiger partial charge in [-0.2, -0.15) is 0 Å². The van der Waals surface area contributed by atoms with Crippen molar-refractivity contribution in [2.75, 3.05) is 0 Å². The van der Waals surface area contributed by atoms with E-state index in [1.54, 1.807) is 0 Å². The third-order valence-electron chi connectivity index (χ3n) is 5.65. The van der Waals surface area contributed by atoms with Gasteiger partial charge in [-0.05, 0) is 44.4 Å². The largest absolute Gasteiger partial charge is 0.336 e. The summed E-state index contributed by atoms with van der Waals surface area (Å²) in [6.07, 6.45) is 2.63. The summed E-state index contributed by atoms with van der Waals surface area (Å²) < 4.78 is 2.10. The smallest absolute Gasteiger partial charge is 0.243 e. The monoisotopic (exact) mass is 377 g/mol. The lowest BCUT2D eigenvalue weighted by Crippen LogP contribution is -2.45. The number of carbonyl (C=O) groups excluding carboxylic acids is 1. The number of carbonyl (C=O) groups is 1. The van der Waals surface area contributed by atoms with Crippen molar-refractivity contribution in [2.45, 2.75) is 65.6 Å². The molecule has 0 saturated carbocycles. The highest BCUT2D eigenvalue weighted by molar-refractivity contribution is 5.81. The van der Waals surface area contributed by atoms with Crippen LogP contribution in [0.25, 0.3) is 11.0 Å². The van der Waals surface area contributed by atoms with Crippen LogP contribution in [-0.4, -0.2) is 32.4 Å². The third kappa shape index (κ3) is 4.27. The van der Waals surface area contributed by atoms with Gasteiger partial charge in [-0.3, -0.25) is 4.79 Å². The number of rotatable bonds is 8. The van der Waals surface area contributed by atoms with Crippen LogP contribution in [-0.2, 0) is 17.8 Å². The highest BCUT2D eigenvalue weighted by atomic mass is 16.2. The van der Waals surface area contributed by atoms with Gasteiger partial charge in [0.25, 0.3) is 0 Å². The fourth-order valence-electron chi connectivity index (χ4n) is 3.75. The first kappa shape index (κ1) is 20.1. The normalized spacial score (nSPS) is 13.4. The Morgan fingerprint density at radius 2 is 1.57 bits per heavy atom. The summed E-state index contributed by atoms with van der Waals surface area (Å²) in [7, 11) is 0. The predicted molar refractivity (Wildman–Crippen MR) is 115 cm³/mol. The van der Waals surface area contributed by atoms with Crippen LogP contribution in [0.5, 0.6) is 0 Å². The maximum atomic E-state index is 13.3. The Labute approximate surface area is 168 Å². The molecule has 3 rings (SSSR count). The summed E-state index contributed by atoms with van der Waals surface area (Å²) in [5, 5.41) is 0. The molecule has 28 heavy (non-hydrogen) atoms. The van der Waals surface area contributed by atoms with Crippen LogP contribution < -0.4 is 0 Å². The van der Waals surface area contributed by atoms with Crippen molar-refractivity contribution in [2.24, 2.45) is 0 Å². The van der Waals surface area contributed by atoms with Gasteiger partial charge in [-0.25, -0.2) is 4.98 Å². The maximum absolute atomic E-state index is 13.3. The van der Waals surface area contributed by atoms with Gasteiger partial charge < -0.3 is 9.47 Å². The molecule has 4 heteroatoms. The number of imidazole rings is 1. The van der Waals surface area contributed by atoms with Crippen molar-refractivity contribution in [3.8, 4) is 0 Å². The molecule has 2 aromatic carbocycles. The molecule has 0 aliphatic carbocycles. The number of hydrogen-bond acceptors (Lipinski definition) is 2. The highest BCUT2D eigenvalue weighted by Gasteiger charge is 2.25. The molecule has 0 bridgehead atoms. The first-order valence-corrected chi connectivity index (χ1v) is 10.3. The van der Waals surface area contributed by atoms with Gasteiger partial charge >= 0.3 is 0 Å². The summed E-state index contributed by atoms with van der Waals surface area (Å²) in [6.45, 7) is 8.89. The summed E-state index contributed by atoms with van der Waals surface area (Å²) >= 11 is 0. The Bertz CT molecular complexity index is 906. The summed E-state index contributed by atoms with van der Waals surface area (Å²) in [6, 6.07) is 18.9. The fraction of sp³-hybridized carbons (Fsp3) is 0.417. The van der Waals surface area contributed by atoms with Gasteiger partial charge in [0.05, 0.1) is 11.0 Å². The van der Waals surface area contributed by atoms with Crippen LogP contribution in [0.4, 0.5) is 0 Å². The Kier molecular flexibility index (Phi) is 6.50. The molecule has 148 valence electrons. The van der Waals surface area contributed by atoms with E-state index in [4.69, 9.17) is 4.98 Å². The van der Waals surface area contributed by atoms with Crippen molar-refractivity contribution in [1.82, 2.24) is 14.5 Å². The second kappa shape index (κ2) is 9.05. The number of nitrogens with zero attached hydrogens (tertiary/aromatic N) is 3. The van der Waals surface area contributed by atoms with Gasteiger partial charge in [0, 0.05) is 18.5 Å². The Morgan fingerprint density at radius 3 is 2.21 bits per heavy atom. The van der Waals surface area contributed by atoms with E-state index in [2.05, 4.69) is 55.4 Å². The average molecular weight is 378 g/mol. The fourth-order valence-corrected chi connectivity index (χ4v) is 3.75. The van der Waals surface area contributed by atoms with Crippen LogP contribution in [0.2, 0.25) is 0 Å². The van der Waals surface area contributed by atoms with Crippen molar-refractivity contribution in [3.63, 3.8) is 0 Å². The average Bonchev–Trinajstić information content (AvgIpc) is 3.05. The van der Waals surface area contributed by atoms with Crippen LogP contribution in [0.3, 0.4) is 0 Å². The zero-order valence-electron chi connectivity index (χ0n) is 17.4. The standard InChI is InChI=1S/C24H31N3O/c1-5-18(3)27(19(4)6-2)24(28)17-26-22-15-11-10-14-21(22)25-23(26)16-20-12-8-7-9-13-20/h7-15,18-19H,5-6,16-17H2,1-4H3. The third-order valence-corrected chi connectivity index (χ3v) is 5.65. The van der Waals surface area contributed by atoms with E-state index < -0.39 is 0 Å². The summed E-state index contributed by atoms with van der Waals surface area (Å²) in [5.41, 5.74) is 3.17. The zero-order valence-corrected chi connectivity index (χ0v) is 17.4. The molecule has 1 heterocycles. The summed E-state index contributed by atoms with van der Waals surface area (Å²) in [4.78, 5) is 20.2. The Balaban J connectivity index is 1.96. The lowest BCUT2D eigenvalue weighted by molar-refractivity contribution is -0.136. The second-order valence-electron chi connectivity index (χ2n) is 7.58. The van der Waals surface area contributed by atoms with Crippen LogP contribution in [0.15, 0.2) is 54.6 Å². The minimum absolute atomic E-state index is 0.168. The van der Waals surface area contributed by atoms with E-state index in [0.29, 0.717) is 6.54 Å². The lowest BCUT2D eigenvalue weighted by Gasteiger charge is -2.34. The molecule has 0 spiro atoms. The van der Waals surface area contributed by atoms with Crippen molar-refractivity contribution in [1.29, 1.82) is 0 Å². The molecular formula is C24H31N3O. The molecule has 1 amide bonds. The van der Waals surface area contributed by atoms with Gasteiger partial charge in [0.15, 0.2) is 0 Å². The SMILES string of the molecule is CCC(C)N(C(=O)Cn1c(Cc2ccccc2)nc2ccccc21)C(C)CC. The predicted octanol–water partition coefficient (Wildman–Crippen LogP) is 5.05. The van der Waals surface area contributed by atoms with Crippen LogP contribution >= 0.6 is 0 Å². The second-order valence-corrected chi connectivity index (χ2v) is 7.58. The molecule has 0 radical (unpaired) electrons. The van der Waals surface area contributed by atoms with Gasteiger partial charge in [0.2, 0.25) is 5.91 Å². The van der Waals surface area contributed by atoms with Crippen molar-refractivity contribution >= 4 is 16.9 Å². The molecule has 0 aliphatic rings. The van der Waals surface area contributed by atoms with Gasteiger partial charge in [-0.1, -0.05) is 56.3 Å². The number of aromatic nitrogens is 2. The van der Waals surface area contributed by atoms with Gasteiger partial charge in [-0.15, -0.1) is 0 Å².